The molecule has 0 radical (unpaired) electrons. The highest BCUT2D eigenvalue weighted by atomic mass is 32.2. The Morgan fingerprint density at radius 2 is 1.81 bits per heavy atom. The molecule has 2 fully saturated rings. The van der Waals surface area contributed by atoms with E-state index in [1.807, 2.05) is 6.07 Å². The monoisotopic (exact) mass is 534 g/mol. The van der Waals surface area contributed by atoms with Crippen LogP contribution in [-0.4, -0.2) is 49.0 Å². The van der Waals surface area contributed by atoms with Gasteiger partial charge < -0.3 is 14.8 Å². The Hall–Kier alpha value is -2.56. The van der Waals surface area contributed by atoms with Crippen molar-refractivity contribution in [3.05, 3.63) is 64.7 Å². The highest BCUT2D eigenvalue weighted by Crippen LogP contribution is 2.38. The van der Waals surface area contributed by atoms with Crippen LogP contribution >= 0.6 is 0 Å². The maximum atomic E-state index is 14.7. The van der Waals surface area contributed by atoms with Crippen molar-refractivity contribution in [1.82, 2.24) is 10.2 Å². The van der Waals surface area contributed by atoms with Crippen LogP contribution in [0.25, 0.3) is 0 Å². The summed E-state index contributed by atoms with van der Waals surface area (Å²) in [6, 6.07) is 7.71. The zero-order chi connectivity index (χ0) is 26.5. The number of benzene rings is 2. The van der Waals surface area contributed by atoms with Crippen LogP contribution in [0.2, 0.25) is 0 Å². The maximum Gasteiger partial charge on any atom is 0.407 e. The summed E-state index contributed by atoms with van der Waals surface area (Å²) in [4.78, 5) is 15.2. The van der Waals surface area contributed by atoms with Crippen molar-refractivity contribution in [2.75, 3.05) is 6.61 Å². The van der Waals surface area contributed by atoms with Gasteiger partial charge in [0.25, 0.3) is 0 Å². The molecule has 10 heteroatoms. The quantitative estimate of drug-likeness (QED) is 0.602. The van der Waals surface area contributed by atoms with Crippen LogP contribution in [0.4, 0.5) is 13.6 Å². The second kappa shape index (κ2) is 9.63. The first-order valence-electron chi connectivity index (χ1n) is 12.6. The van der Waals surface area contributed by atoms with E-state index in [0.29, 0.717) is 37.2 Å². The molecule has 5 rings (SSSR count). The molecule has 2 aromatic carbocycles. The number of hydrogen-bond acceptors (Lipinski definition) is 6. The first kappa shape index (κ1) is 26.1. The summed E-state index contributed by atoms with van der Waals surface area (Å²) in [6.07, 6.45) is 0.290. The number of carbonyl (C=O) groups excluding carboxylic acids is 1. The van der Waals surface area contributed by atoms with Crippen LogP contribution in [0.1, 0.15) is 62.8 Å². The lowest BCUT2D eigenvalue weighted by atomic mass is 9.92. The number of amides is 1. The average molecular weight is 535 g/mol. The standard InChI is InChI=1S/C27H32F2N2O5S/c1-27(2,3)36-26(32)30-24-12-19(15-35-25(24)22-11-18(28)5-9-23(22)29)31-13-16-4-6-21(10-17(16)14-31)37(33,34)20-7-8-20/h4-6,9-11,19-20,24-25H,7-8,12-15H2,1-3H3,(H,30,32)/t19-,24+,25-/m1/s1. The Balaban J connectivity index is 1.35. The van der Waals surface area contributed by atoms with Gasteiger partial charge in [-0.2, -0.15) is 0 Å². The third kappa shape index (κ3) is 5.66. The molecule has 1 N–H and O–H groups in total. The Bertz CT molecular complexity index is 1310. The topological polar surface area (TPSA) is 84.9 Å². The first-order valence-corrected chi connectivity index (χ1v) is 14.1. The number of alkyl carbamates (subject to hydrolysis) is 1. The Labute approximate surface area is 216 Å². The summed E-state index contributed by atoms with van der Waals surface area (Å²) in [6.45, 7) is 6.62. The van der Waals surface area contributed by atoms with Crippen molar-refractivity contribution in [2.24, 2.45) is 0 Å². The van der Waals surface area contributed by atoms with E-state index in [4.69, 9.17) is 9.47 Å². The molecule has 3 atom stereocenters. The minimum atomic E-state index is -3.28. The van der Waals surface area contributed by atoms with Crippen LogP contribution in [0.3, 0.4) is 0 Å². The van der Waals surface area contributed by atoms with Gasteiger partial charge in [0.05, 0.1) is 22.8 Å². The van der Waals surface area contributed by atoms with E-state index in [2.05, 4.69) is 10.2 Å². The van der Waals surface area contributed by atoms with Gasteiger partial charge in [-0.1, -0.05) is 6.07 Å². The predicted octanol–water partition coefficient (Wildman–Crippen LogP) is 4.64. The second-order valence-corrected chi connectivity index (χ2v) is 13.4. The van der Waals surface area contributed by atoms with Gasteiger partial charge in [0, 0.05) is 24.7 Å². The van der Waals surface area contributed by atoms with Gasteiger partial charge in [-0.25, -0.2) is 22.0 Å². The van der Waals surface area contributed by atoms with E-state index < -0.39 is 45.3 Å². The zero-order valence-corrected chi connectivity index (χ0v) is 22.0. The number of nitrogens with one attached hydrogen (secondary N) is 1. The van der Waals surface area contributed by atoms with E-state index in [9.17, 15) is 22.0 Å². The lowest BCUT2D eigenvalue weighted by Crippen LogP contribution is -2.52. The smallest absolute Gasteiger partial charge is 0.407 e. The van der Waals surface area contributed by atoms with Crippen molar-refractivity contribution in [3.63, 3.8) is 0 Å². The van der Waals surface area contributed by atoms with E-state index in [-0.39, 0.29) is 23.5 Å². The lowest BCUT2D eigenvalue weighted by Gasteiger charge is -2.40. The number of halogens is 2. The van der Waals surface area contributed by atoms with E-state index in [1.54, 1.807) is 32.9 Å². The summed E-state index contributed by atoms with van der Waals surface area (Å²) in [7, 11) is -3.28. The number of sulfone groups is 1. The van der Waals surface area contributed by atoms with Gasteiger partial charge in [-0.3, -0.25) is 4.90 Å². The molecule has 3 aliphatic rings. The van der Waals surface area contributed by atoms with E-state index >= 15 is 0 Å². The molecule has 37 heavy (non-hydrogen) atoms. The summed E-state index contributed by atoms with van der Waals surface area (Å²) in [5.74, 6) is -1.20. The summed E-state index contributed by atoms with van der Waals surface area (Å²) < 4.78 is 65.5. The number of hydrogen-bond donors (Lipinski definition) is 1. The second-order valence-electron chi connectivity index (χ2n) is 11.1. The predicted molar refractivity (Wildman–Crippen MR) is 133 cm³/mol. The SMILES string of the molecule is CC(C)(C)OC(=O)N[C@H]1C[C@@H](N2Cc3ccc(S(=O)(=O)C4CC4)cc3C2)CO[C@@H]1c1cc(F)ccc1F. The van der Waals surface area contributed by atoms with Crippen molar-refractivity contribution >= 4 is 15.9 Å². The van der Waals surface area contributed by atoms with Crippen LogP contribution in [-0.2, 0) is 32.4 Å². The fraction of sp³-hybridized carbons (Fsp3) is 0.519. The molecule has 2 heterocycles. The highest BCUT2D eigenvalue weighted by Gasteiger charge is 2.41. The number of ether oxygens (including phenoxy) is 2. The van der Waals surface area contributed by atoms with Crippen LogP contribution < -0.4 is 5.32 Å². The maximum absolute atomic E-state index is 14.7. The van der Waals surface area contributed by atoms with Crippen molar-refractivity contribution in [3.8, 4) is 0 Å². The van der Waals surface area contributed by atoms with Crippen LogP contribution in [0, 0.1) is 11.6 Å². The third-order valence-electron chi connectivity index (χ3n) is 7.06. The minimum Gasteiger partial charge on any atom is -0.444 e. The Morgan fingerprint density at radius 1 is 1.08 bits per heavy atom. The number of nitrogens with zero attached hydrogens (tertiary/aromatic N) is 1. The Morgan fingerprint density at radius 3 is 2.51 bits per heavy atom. The molecule has 0 aromatic heterocycles. The first-order chi connectivity index (χ1) is 17.4. The average Bonchev–Trinajstić information content (AvgIpc) is 3.59. The number of fused-ring (bicyclic) bond motifs is 1. The molecule has 0 bridgehead atoms. The fourth-order valence-electron chi connectivity index (χ4n) is 5.11. The minimum absolute atomic E-state index is 0.0409. The number of carbonyl (C=O) groups is 1. The molecular weight excluding hydrogens is 502 g/mol. The number of rotatable bonds is 5. The summed E-state index contributed by atoms with van der Waals surface area (Å²) in [5, 5.41) is 2.54. The summed E-state index contributed by atoms with van der Waals surface area (Å²) >= 11 is 0. The van der Waals surface area contributed by atoms with Crippen molar-refractivity contribution < 1.29 is 31.5 Å². The van der Waals surface area contributed by atoms with Gasteiger partial charge in [0.1, 0.15) is 23.3 Å². The van der Waals surface area contributed by atoms with E-state index in [0.717, 1.165) is 29.3 Å². The molecule has 2 aromatic rings. The van der Waals surface area contributed by atoms with Gasteiger partial charge in [-0.05, 0) is 81.5 Å². The van der Waals surface area contributed by atoms with Gasteiger partial charge in [0.15, 0.2) is 9.84 Å². The largest absolute Gasteiger partial charge is 0.444 e. The molecule has 7 nitrogen and oxygen atoms in total. The molecule has 2 aliphatic heterocycles. The molecular formula is C27H32F2N2O5S. The van der Waals surface area contributed by atoms with Crippen LogP contribution in [0.5, 0.6) is 0 Å². The molecule has 0 unspecified atom stereocenters. The van der Waals surface area contributed by atoms with Gasteiger partial charge in [0.2, 0.25) is 0 Å². The van der Waals surface area contributed by atoms with Crippen LogP contribution in [0.15, 0.2) is 41.3 Å². The molecule has 1 aliphatic carbocycles. The molecule has 1 saturated carbocycles. The zero-order valence-electron chi connectivity index (χ0n) is 21.2. The normalized spacial score (nSPS) is 24.5. The fourth-order valence-corrected chi connectivity index (χ4v) is 6.81. The Kier molecular flexibility index (Phi) is 6.79. The lowest BCUT2D eigenvalue weighted by molar-refractivity contribution is -0.0627. The van der Waals surface area contributed by atoms with E-state index in [1.165, 1.54) is 0 Å². The van der Waals surface area contributed by atoms with Crippen molar-refractivity contribution in [1.29, 1.82) is 0 Å². The molecule has 200 valence electrons. The summed E-state index contributed by atoms with van der Waals surface area (Å²) in [5.41, 5.74) is 1.31. The van der Waals surface area contributed by atoms with Crippen molar-refractivity contribution in [2.45, 2.75) is 87.1 Å². The van der Waals surface area contributed by atoms with Gasteiger partial charge >= 0.3 is 6.09 Å². The van der Waals surface area contributed by atoms with Gasteiger partial charge in [-0.15, -0.1) is 0 Å². The molecule has 1 saturated heterocycles. The molecule has 0 spiro atoms. The molecule has 1 amide bonds. The highest BCUT2D eigenvalue weighted by molar-refractivity contribution is 7.92. The third-order valence-corrected chi connectivity index (χ3v) is 9.32.